The van der Waals surface area contributed by atoms with E-state index in [1.807, 2.05) is 0 Å². The summed E-state index contributed by atoms with van der Waals surface area (Å²) in [6.07, 6.45) is 2.16. The monoisotopic (exact) mass is 304 g/mol. The summed E-state index contributed by atoms with van der Waals surface area (Å²) in [4.78, 5) is 13.6. The normalized spacial score (nSPS) is 30.1. The number of piperidine rings is 1. The molecule has 0 spiro atoms. The highest BCUT2D eigenvalue weighted by Gasteiger charge is 2.56. The van der Waals surface area contributed by atoms with E-state index < -0.39 is 28.0 Å². The maximum absolute atomic E-state index is 12.2. The number of aromatic nitrogens is 2. The van der Waals surface area contributed by atoms with Crippen LogP contribution in [0.1, 0.15) is 31.7 Å². The molecule has 0 aliphatic carbocycles. The Hall–Kier alpha value is -1.72. The van der Waals surface area contributed by atoms with Crippen molar-refractivity contribution in [3.8, 4) is 0 Å². The van der Waals surface area contributed by atoms with Crippen LogP contribution in [0.25, 0.3) is 0 Å². The molecule has 11 heteroatoms. The zero-order chi connectivity index (χ0) is 14.5. The topological polar surface area (TPSA) is 126 Å². The highest BCUT2D eigenvalue weighted by molar-refractivity contribution is 7.80. The lowest BCUT2D eigenvalue weighted by atomic mass is 9.89. The van der Waals surface area contributed by atoms with Crippen LogP contribution in [0.4, 0.5) is 4.79 Å². The van der Waals surface area contributed by atoms with Crippen molar-refractivity contribution in [2.24, 2.45) is 0 Å². The van der Waals surface area contributed by atoms with Crippen LogP contribution >= 0.6 is 0 Å². The van der Waals surface area contributed by atoms with Crippen molar-refractivity contribution in [1.82, 2.24) is 20.2 Å². The molecule has 1 aromatic rings. The molecule has 0 aromatic carbocycles. The summed E-state index contributed by atoms with van der Waals surface area (Å²) >= 11 is 0. The molecule has 2 aliphatic heterocycles. The van der Waals surface area contributed by atoms with Crippen LogP contribution in [0.15, 0.2) is 10.8 Å². The van der Waals surface area contributed by atoms with Gasteiger partial charge in [-0.25, -0.2) is 4.79 Å². The Balaban J connectivity index is 1.91. The molecule has 2 aliphatic rings. The largest absolute Gasteiger partial charge is 0.426 e. The smallest absolute Gasteiger partial charge is 0.418 e. The maximum Gasteiger partial charge on any atom is 0.418 e. The zero-order valence-electron chi connectivity index (χ0n) is 10.5. The van der Waals surface area contributed by atoms with E-state index in [1.54, 1.807) is 6.92 Å². The number of carbonyl (C=O) groups excluding carboxylic acids is 1. The molecule has 0 unspecified atom stereocenters. The van der Waals surface area contributed by atoms with E-state index in [-0.39, 0.29) is 12.4 Å². The summed E-state index contributed by atoms with van der Waals surface area (Å²) in [5, 5.41) is 8.03. The van der Waals surface area contributed by atoms with Gasteiger partial charge in [0.25, 0.3) is 0 Å². The predicted molar refractivity (Wildman–Crippen MR) is 61.3 cm³/mol. The van der Waals surface area contributed by atoms with Gasteiger partial charge in [-0.15, -0.1) is 14.5 Å². The molecule has 2 fully saturated rings. The van der Waals surface area contributed by atoms with Crippen LogP contribution in [0.3, 0.4) is 0 Å². The molecule has 3 rings (SSSR count). The molecule has 110 valence electrons. The fourth-order valence-corrected chi connectivity index (χ4v) is 3.11. The first-order valence-corrected chi connectivity index (χ1v) is 7.21. The van der Waals surface area contributed by atoms with Crippen molar-refractivity contribution in [3.63, 3.8) is 0 Å². The quantitative estimate of drug-likeness (QED) is 0.781. The second-order valence-corrected chi connectivity index (χ2v) is 6.04. The highest BCUT2D eigenvalue weighted by Crippen LogP contribution is 2.43. The van der Waals surface area contributed by atoms with Crippen LogP contribution < -0.4 is 0 Å². The van der Waals surface area contributed by atoms with Gasteiger partial charge in [-0.05, 0) is 19.8 Å². The fraction of sp³-hybridized carbons (Fsp3) is 0.667. The van der Waals surface area contributed by atoms with E-state index in [1.165, 1.54) is 4.90 Å². The Labute approximate surface area is 114 Å². The third kappa shape index (κ3) is 2.03. The molecule has 2 atom stereocenters. The molecule has 2 amide bonds. The molecule has 20 heavy (non-hydrogen) atoms. The fourth-order valence-electron chi connectivity index (χ4n) is 2.67. The van der Waals surface area contributed by atoms with Gasteiger partial charge < -0.3 is 9.32 Å². The summed E-state index contributed by atoms with van der Waals surface area (Å²) in [6.45, 7) is 1.93. The number of nitrogens with zero attached hydrogens (tertiary/aromatic N) is 4. The predicted octanol–water partition coefficient (Wildman–Crippen LogP) is 0.135. The number of hydrogen-bond donors (Lipinski definition) is 1. The van der Waals surface area contributed by atoms with Crippen molar-refractivity contribution >= 4 is 16.4 Å². The van der Waals surface area contributed by atoms with Crippen molar-refractivity contribution in [2.75, 3.05) is 6.54 Å². The van der Waals surface area contributed by atoms with Gasteiger partial charge in [0.05, 0.1) is 5.54 Å². The van der Waals surface area contributed by atoms with E-state index in [0.717, 1.165) is 6.39 Å². The molecule has 1 N–H and O–H groups in total. The molecule has 10 nitrogen and oxygen atoms in total. The summed E-state index contributed by atoms with van der Waals surface area (Å²) in [5.41, 5.74) is -0.830. The molecule has 0 saturated carbocycles. The minimum Gasteiger partial charge on any atom is -0.426 e. The van der Waals surface area contributed by atoms with Crippen LogP contribution in [0, 0.1) is 0 Å². The van der Waals surface area contributed by atoms with Gasteiger partial charge in [0.15, 0.2) is 0 Å². The lowest BCUT2D eigenvalue weighted by Crippen LogP contribution is -2.46. The lowest BCUT2D eigenvalue weighted by molar-refractivity contribution is -0.0746. The number of hydroxylamine groups is 2. The summed E-state index contributed by atoms with van der Waals surface area (Å²) < 4.78 is 40.0. The van der Waals surface area contributed by atoms with Crippen LogP contribution in [-0.4, -0.2) is 51.2 Å². The third-order valence-electron chi connectivity index (χ3n) is 3.58. The Kier molecular flexibility index (Phi) is 2.74. The van der Waals surface area contributed by atoms with Crippen molar-refractivity contribution in [3.05, 3.63) is 12.3 Å². The second kappa shape index (κ2) is 4.14. The van der Waals surface area contributed by atoms with E-state index in [4.69, 9.17) is 8.97 Å². The third-order valence-corrected chi connectivity index (χ3v) is 3.92. The van der Waals surface area contributed by atoms with Gasteiger partial charge >= 0.3 is 16.4 Å². The molecule has 1 aromatic heterocycles. The minimum atomic E-state index is -4.76. The SMILES string of the molecule is C[C@@]12CC[C@@H](c3nnco3)N(C1)C(=O)N2OS(=O)(=O)O. The minimum absolute atomic E-state index is 0.244. The van der Waals surface area contributed by atoms with Crippen molar-refractivity contribution < 1.29 is 26.5 Å². The number of hydrogen-bond acceptors (Lipinski definition) is 7. The van der Waals surface area contributed by atoms with E-state index >= 15 is 0 Å². The molecule has 2 bridgehead atoms. The van der Waals surface area contributed by atoms with Crippen LogP contribution in [-0.2, 0) is 14.7 Å². The highest BCUT2D eigenvalue weighted by atomic mass is 32.3. The van der Waals surface area contributed by atoms with Gasteiger partial charge in [-0.1, -0.05) is 0 Å². The summed E-state index contributed by atoms with van der Waals surface area (Å²) in [5.74, 6) is 0.286. The van der Waals surface area contributed by atoms with E-state index in [0.29, 0.717) is 17.9 Å². The average molecular weight is 304 g/mol. The first kappa shape index (κ1) is 13.3. The molecular formula is C9H12N4O6S. The number of carbonyl (C=O) groups is 1. The van der Waals surface area contributed by atoms with Crippen molar-refractivity contribution in [2.45, 2.75) is 31.3 Å². The zero-order valence-corrected chi connectivity index (χ0v) is 11.3. The summed E-state index contributed by atoms with van der Waals surface area (Å²) in [7, 11) is -4.76. The second-order valence-electron chi connectivity index (χ2n) is 5.04. The standard InChI is InChI=1S/C9H12N4O6S/c1-9-3-2-6(7-11-10-5-18-7)12(4-9)8(14)13(9)19-20(15,16)17/h5-6H,2-4H2,1H3,(H,15,16,17)/t6-,9+/m0/s1. The van der Waals surface area contributed by atoms with E-state index in [2.05, 4.69) is 14.5 Å². The van der Waals surface area contributed by atoms with Gasteiger partial charge in [-0.2, -0.15) is 13.5 Å². The first-order chi connectivity index (χ1) is 9.30. The molecule has 3 heterocycles. The Bertz CT molecular complexity index is 631. The summed E-state index contributed by atoms with van der Waals surface area (Å²) in [6, 6.07) is -1.08. The van der Waals surface area contributed by atoms with Gasteiger partial charge in [0.1, 0.15) is 6.04 Å². The van der Waals surface area contributed by atoms with Crippen molar-refractivity contribution in [1.29, 1.82) is 0 Å². The lowest BCUT2D eigenvalue weighted by Gasteiger charge is -2.34. The Morgan fingerprint density at radius 2 is 2.35 bits per heavy atom. The number of amides is 2. The number of rotatable bonds is 3. The maximum atomic E-state index is 12.2. The van der Waals surface area contributed by atoms with Crippen LogP contribution in [0.5, 0.6) is 0 Å². The van der Waals surface area contributed by atoms with Crippen LogP contribution in [0.2, 0.25) is 0 Å². The van der Waals surface area contributed by atoms with Gasteiger partial charge in [0.2, 0.25) is 12.3 Å². The number of fused-ring (bicyclic) bond motifs is 2. The molecular weight excluding hydrogens is 292 g/mol. The van der Waals surface area contributed by atoms with Gasteiger partial charge in [0, 0.05) is 6.54 Å². The molecule has 0 radical (unpaired) electrons. The average Bonchev–Trinajstić information content (AvgIpc) is 2.92. The number of urea groups is 1. The Morgan fingerprint density at radius 3 is 2.95 bits per heavy atom. The van der Waals surface area contributed by atoms with Gasteiger partial charge in [-0.3, -0.25) is 4.55 Å². The first-order valence-electron chi connectivity index (χ1n) is 5.84. The Morgan fingerprint density at radius 1 is 1.60 bits per heavy atom. The van der Waals surface area contributed by atoms with E-state index in [9.17, 15) is 13.2 Å². The molecule has 2 saturated heterocycles.